The van der Waals surface area contributed by atoms with Crippen LogP contribution in [-0.4, -0.2) is 49.1 Å². The highest BCUT2D eigenvalue weighted by Gasteiger charge is 2.29. The van der Waals surface area contributed by atoms with Crippen LogP contribution in [-0.2, 0) is 7.05 Å². The molecule has 0 bridgehead atoms. The second kappa shape index (κ2) is 6.28. The lowest BCUT2D eigenvalue weighted by molar-refractivity contribution is 0.560. The molecule has 0 amide bonds. The van der Waals surface area contributed by atoms with Gasteiger partial charge < -0.3 is 10.2 Å². The minimum atomic E-state index is 0.222. The summed E-state index contributed by atoms with van der Waals surface area (Å²) in [5.74, 6) is 1.63. The fourth-order valence-electron chi connectivity index (χ4n) is 4.06. The Labute approximate surface area is 172 Å². The zero-order chi connectivity index (χ0) is 20.2. The van der Waals surface area contributed by atoms with Gasteiger partial charge in [0.05, 0.1) is 35.2 Å². The molecule has 2 aliphatic heterocycles. The van der Waals surface area contributed by atoms with Crippen LogP contribution in [0.5, 0.6) is 0 Å². The van der Waals surface area contributed by atoms with Crippen LogP contribution < -0.4 is 5.32 Å². The fourth-order valence-corrected chi connectivity index (χ4v) is 4.06. The van der Waals surface area contributed by atoms with Crippen molar-refractivity contribution in [2.75, 3.05) is 11.9 Å². The first-order chi connectivity index (χ1) is 14.6. The Morgan fingerprint density at radius 2 is 2.03 bits per heavy atom. The Morgan fingerprint density at radius 3 is 2.97 bits per heavy atom. The van der Waals surface area contributed by atoms with E-state index in [0.29, 0.717) is 0 Å². The van der Waals surface area contributed by atoms with Crippen molar-refractivity contribution < 1.29 is 0 Å². The number of hydrogen-bond donors (Lipinski definition) is 2. The van der Waals surface area contributed by atoms with Crippen LogP contribution in [0.1, 0.15) is 12.5 Å². The number of anilines is 1. The molecule has 2 aromatic carbocycles. The van der Waals surface area contributed by atoms with Crippen LogP contribution in [0.2, 0.25) is 0 Å². The van der Waals surface area contributed by atoms with Crippen molar-refractivity contribution in [1.82, 2.24) is 24.9 Å². The Hall–Kier alpha value is -3.94. The maximum Gasteiger partial charge on any atom is 0.174 e. The van der Waals surface area contributed by atoms with Crippen LogP contribution in [0, 0.1) is 0 Å². The lowest BCUT2D eigenvalue weighted by Gasteiger charge is -2.24. The number of hydrogen-bond acceptors (Lipinski definition) is 6. The first kappa shape index (κ1) is 17.0. The first-order valence-electron chi connectivity index (χ1n) is 9.92. The largest absolute Gasteiger partial charge is 0.337 e. The molecule has 0 saturated carbocycles. The summed E-state index contributed by atoms with van der Waals surface area (Å²) in [6.07, 6.45) is 5.79. The lowest BCUT2D eigenvalue weighted by Crippen LogP contribution is -2.36. The minimum absolute atomic E-state index is 0.222. The Bertz CT molecular complexity index is 1390. The van der Waals surface area contributed by atoms with Crippen molar-refractivity contribution >= 4 is 44.9 Å². The van der Waals surface area contributed by atoms with Gasteiger partial charge in [0.25, 0.3) is 0 Å². The smallest absolute Gasteiger partial charge is 0.174 e. The van der Waals surface area contributed by atoms with Crippen molar-refractivity contribution in [2.45, 2.75) is 13.0 Å². The van der Waals surface area contributed by atoms with E-state index in [1.807, 2.05) is 36.3 Å². The van der Waals surface area contributed by atoms with Crippen LogP contribution in [0.3, 0.4) is 0 Å². The monoisotopic (exact) mass is 396 g/mol. The molecule has 1 atom stereocenters. The minimum Gasteiger partial charge on any atom is -0.337 e. The normalized spacial score (nSPS) is 18.4. The third-order valence-electron chi connectivity index (χ3n) is 5.54. The van der Waals surface area contributed by atoms with Gasteiger partial charge >= 0.3 is 0 Å². The van der Waals surface area contributed by atoms with Gasteiger partial charge in [0.15, 0.2) is 11.7 Å². The number of aryl methyl sites for hydroxylation is 1. The Balaban J connectivity index is 1.41. The van der Waals surface area contributed by atoms with E-state index in [2.05, 4.69) is 62.9 Å². The second-order valence-electron chi connectivity index (χ2n) is 7.77. The van der Waals surface area contributed by atoms with E-state index in [-0.39, 0.29) is 6.04 Å². The van der Waals surface area contributed by atoms with Crippen LogP contribution >= 0.6 is 0 Å². The number of fused-ring (bicyclic) bond motifs is 3. The number of aromatic nitrogens is 4. The van der Waals surface area contributed by atoms with Gasteiger partial charge in [0, 0.05) is 41.8 Å². The highest BCUT2D eigenvalue weighted by molar-refractivity contribution is 6.46. The number of nitrogens with one attached hydrogen (secondary N) is 2. The van der Waals surface area contributed by atoms with Gasteiger partial charge in [-0.2, -0.15) is 10.2 Å². The molecule has 0 spiro atoms. The summed E-state index contributed by atoms with van der Waals surface area (Å²) in [6, 6.07) is 12.6. The molecule has 4 heterocycles. The molecule has 2 aliphatic rings. The molecule has 148 valence electrons. The van der Waals surface area contributed by atoms with Crippen molar-refractivity contribution in [3.8, 4) is 0 Å². The summed E-state index contributed by atoms with van der Waals surface area (Å²) in [4.78, 5) is 11.9. The zero-order valence-electron chi connectivity index (χ0n) is 16.7. The van der Waals surface area contributed by atoms with Gasteiger partial charge in [-0.1, -0.05) is 6.07 Å². The van der Waals surface area contributed by atoms with Gasteiger partial charge in [0.2, 0.25) is 0 Å². The molecule has 30 heavy (non-hydrogen) atoms. The number of amidine groups is 2. The number of nitrogens with zero attached hydrogens (tertiary/aromatic N) is 6. The molecule has 4 aromatic rings. The highest BCUT2D eigenvalue weighted by Crippen LogP contribution is 2.28. The van der Waals surface area contributed by atoms with Gasteiger partial charge in [-0.15, -0.1) is 0 Å². The average Bonchev–Trinajstić information content (AvgIpc) is 3.45. The van der Waals surface area contributed by atoms with Crippen molar-refractivity contribution in [2.24, 2.45) is 17.0 Å². The molecule has 2 aromatic heterocycles. The highest BCUT2D eigenvalue weighted by atomic mass is 15.3. The van der Waals surface area contributed by atoms with Gasteiger partial charge in [-0.25, -0.2) is 4.99 Å². The zero-order valence-corrected chi connectivity index (χ0v) is 16.7. The summed E-state index contributed by atoms with van der Waals surface area (Å²) < 4.78 is 1.88. The van der Waals surface area contributed by atoms with Gasteiger partial charge in [-0.3, -0.25) is 14.8 Å². The van der Waals surface area contributed by atoms with Crippen molar-refractivity contribution in [3.05, 3.63) is 60.6 Å². The number of rotatable bonds is 2. The molecule has 2 N–H and O–H groups in total. The summed E-state index contributed by atoms with van der Waals surface area (Å²) in [5, 5.41) is 17.1. The number of benzene rings is 2. The topological polar surface area (TPSA) is 86.5 Å². The fraction of sp³-hybridized carbons (Fsp3) is 0.182. The summed E-state index contributed by atoms with van der Waals surface area (Å²) in [6.45, 7) is 2.96. The Kier molecular flexibility index (Phi) is 3.55. The summed E-state index contributed by atoms with van der Waals surface area (Å²) >= 11 is 0. The molecule has 0 aliphatic carbocycles. The van der Waals surface area contributed by atoms with E-state index >= 15 is 0 Å². The maximum atomic E-state index is 4.95. The predicted molar refractivity (Wildman–Crippen MR) is 119 cm³/mol. The number of aliphatic imine (C=N–C) groups is 2. The van der Waals surface area contributed by atoms with Crippen LogP contribution in [0.25, 0.3) is 27.5 Å². The van der Waals surface area contributed by atoms with E-state index in [1.165, 1.54) is 0 Å². The average molecular weight is 396 g/mol. The molecule has 8 nitrogen and oxygen atoms in total. The molecule has 1 unspecified atom stereocenters. The molecular weight excluding hydrogens is 376 g/mol. The third kappa shape index (κ3) is 2.68. The van der Waals surface area contributed by atoms with Gasteiger partial charge in [-0.05, 0) is 37.3 Å². The lowest BCUT2D eigenvalue weighted by atomic mass is 10.1. The van der Waals surface area contributed by atoms with Crippen LogP contribution in [0.15, 0.2) is 65.0 Å². The van der Waals surface area contributed by atoms with E-state index in [1.54, 1.807) is 0 Å². The first-order valence-corrected chi connectivity index (χ1v) is 9.92. The number of aromatic amines is 1. The standard InChI is InChI=1S/C22H20N8/c1-13-11-30-12-19(14-3-6-20-16(7-14)10-24-29(20)2)27-21(22(30)25-13)26-17-4-5-18-15(8-17)9-23-28-18/h3-10,12-13H,11H2,1-2H3,(H,23,28)(H,26,27). The summed E-state index contributed by atoms with van der Waals surface area (Å²) in [5.41, 5.74) is 5.01. The van der Waals surface area contributed by atoms with E-state index < -0.39 is 0 Å². The molecular formula is C22H20N8. The number of H-pyrrole nitrogens is 1. The maximum absolute atomic E-state index is 4.95. The van der Waals surface area contributed by atoms with E-state index in [0.717, 1.165) is 57.0 Å². The SMILES string of the molecule is CC1CN2C=C(c3ccc4c(cnn4C)c3)N=C(Nc3ccc4[nH]ncc4c3)C2=N1. The molecule has 0 saturated heterocycles. The predicted octanol–water partition coefficient (Wildman–Crippen LogP) is 3.37. The van der Waals surface area contributed by atoms with E-state index in [4.69, 9.17) is 9.98 Å². The molecule has 0 radical (unpaired) electrons. The van der Waals surface area contributed by atoms with E-state index in [9.17, 15) is 0 Å². The molecule has 6 rings (SSSR count). The quantitative estimate of drug-likeness (QED) is 0.544. The second-order valence-corrected chi connectivity index (χ2v) is 7.77. The van der Waals surface area contributed by atoms with Gasteiger partial charge in [0.1, 0.15) is 0 Å². The van der Waals surface area contributed by atoms with Crippen LogP contribution in [0.4, 0.5) is 5.69 Å². The molecule has 8 heteroatoms. The Morgan fingerprint density at radius 1 is 1.10 bits per heavy atom. The molecule has 0 fully saturated rings. The van der Waals surface area contributed by atoms with Crippen molar-refractivity contribution in [3.63, 3.8) is 0 Å². The third-order valence-corrected chi connectivity index (χ3v) is 5.54. The van der Waals surface area contributed by atoms with Crippen molar-refractivity contribution in [1.29, 1.82) is 0 Å². The summed E-state index contributed by atoms with van der Waals surface area (Å²) in [7, 11) is 1.95.